The van der Waals surface area contributed by atoms with Gasteiger partial charge in [-0.05, 0) is 32.6 Å². The quantitative estimate of drug-likeness (QED) is 0.631. The molecule has 2 aromatic heterocycles. The van der Waals surface area contributed by atoms with Crippen LogP contribution in [-0.4, -0.2) is 68.3 Å². The molecule has 0 unspecified atom stereocenters. The topological polar surface area (TPSA) is 134 Å². The van der Waals surface area contributed by atoms with Crippen molar-refractivity contribution < 1.29 is 9.59 Å². The van der Waals surface area contributed by atoms with Crippen molar-refractivity contribution in [2.75, 3.05) is 23.8 Å². The Morgan fingerprint density at radius 2 is 2.03 bits per heavy atom. The summed E-state index contributed by atoms with van der Waals surface area (Å²) in [5, 5.41) is 10.4. The number of aromatic nitrogens is 4. The van der Waals surface area contributed by atoms with Gasteiger partial charge in [0, 0.05) is 38.9 Å². The minimum absolute atomic E-state index is 0.00482. The summed E-state index contributed by atoms with van der Waals surface area (Å²) in [6.45, 7) is 2.85. The number of amides is 3. The number of hydrogen-bond donors (Lipinski definition) is 3. The molecule has 11 heteroatoms. The number of nitrogens with zero attached hydrogens (tertiary/aromatic N) is 6. The number of carbonyl (C=O) groups excluding carboxylic acids is 2. The molecule has 0 spiro atoms. The van der Waals surface area contributed by atoms with E-state index in [1.807, 2.05) is 7.05 Å². The van der Waals surface area contributed by atoms with E-state index < -0.39 is 5.91 Å². The van der Waals surface area contributed by atoms with E-state index in [4.69, 9.17) is 5.73 Å². The van der Waals surface area contributed by atoms with Gasteiger partial charge in [0.2, 0.25) is 0 Å². The molecule has 4 rings (SSSR count). The fourth-order valence-electron chi connectivity index (χ4n) is 3.96. The predicted octanol–water partition coefficient (Wildman–Crippen LogP) is 1.21. The van der Waals surface area contributed by atoms with Crippen LogP contribution in [-0.2, 0) is 7.05 Å². The van der Waals surface area contributed by atoms with Gasteiger partial charge in [-0.2, -0.15) is 5.10 Å². The second-order valence-corrected chi connectivity index (χ2v) is 8.29. The second-order valence-electron chi connectivity index (χ2n) is 8.29. The van der Waals surface area contributed by atoms with Crippen molar-refractivity contribution in [3.8, 4) is 0 Å². The Morgan fingerprint density at radius 1 is 1.26 bits per heavy atom. The molecule has 31 heavy (non-hydrogen) atoms. The molecule has 1 aliphatic heterocycles. The lowest BCUT2D eigenvalue weighted by atomic mass is 9.97. The highest BCUT2D eigenvalue weighted by atomic mass is 16.2. The van der Waals surface area contributed by atoms with E-state index in [9.17, 15) is 9.59 Å². The second kappa shape index (κ2) is 8.40. The third-order valence-electron chi connectivity index (χ3n) is 5.97. The fraction of sp³-hybridized carbons (Fsp3) is 0.550. The summed E-state index contributed by atoms with van der Waals surface area (Å²) in [6, 6.07) is 0.346. The molecular formula is C20H29N9O2. The van der Waals surface area contributed by atoms with Crippen LogP contribution >= 0.6 is 0 Å². The molecule has 3 amide bonds. The van der Waals surface area contributed by atoms with E-state index in [0.29, 0.717) is 17.5 Å². The molecule has 2 aromatic rings. The molecule has 4 N–H and O–H groups in total. The zero-order valence-electron chi connectivity index (χ0n) is 18.1. The Bertz CT molecular complexity index is 971. The molecule has 166 valence electrons. The predicted molar refractivity (Wildman–Crippen MR) is 116 cm³/mol. The summed E-state index contributed by atoms with van der Waals surface area (Å²) in [5.74, 6) is 0.244. The molecular weight excluding hydrogens is 398 g/mol. The first kappa shape index (κ1) is 20.9. The van der Waals surface area contributed by atoms with Crippen molar-refractivity contribution in [2.45, 2.75) is 50.7 Å². The standard InChI is InChI=1S/C20H29N9O2/c1-12-15(25-20(31)28(3)14-6-7-14)5-4-8-29(12)16-10-22-17(18(21)30)19(26-16)24-13-9-23-27(2)11-13/h9-12,14-15H,4-8H2,1-3H3,(H2,21,30)(H,24,26)(H,25,31)/t12-,15-/m1/s1. The number of nitrogens with one attached hydrogen (secondary N) is 2. The maximum atomic E-state index is 12.6. The summed E-state index contributed by atoms with van der Waals surface area (Å²) < 4.78 is 1.64. The minimum atomic E-state index is -0.662. The number of nitrogens with two attached hydrogens (primary N) is 1. The van der Waals surface area contributed by atoms with Gasteiger partial charge in [0.15, 0.2) is 11.5 Å². The lowest BCUT2D eigenvalue weighted by Crippen LogP contribution is -2.56. The van der Waals surface area contributed by atoms with E-state index in [1.165, 1.54) is 0 Å². The smallest absolute Gasteiger partial charge is 0.317 e. The Kier molecular flexibility index (Phi) is 5.66. The molecule has 0 aromatic carbocycles. The zero-order valence-corrected chi connectivity index (χ0v) is 18.1. The molecule has 1 saturated carbocycles. The van der Waals surface area contributed by atoms with E-state index in [-0.39, 0.29) is 29.6 Å². The third kappa shape index (κ3) is 4.54. The summed E-state index contributed by atoms with van der Waals surface area (Å²) in [5.41, 5.74) is 6.24. The summed E-state index contributed by atoms with van der Waals surface area (Å²) in [6.07, 6.45) is 8.92. The number of primary amides is 1. The molecule has 1 saturated heterocycles. The highest BCUT2D eigenvalue weighted by molar-refractivity contribution is 5.96. The Balaban J connectivity index is 1.53. The van der Waals surface area contributed by atoms with Crippen LogP contribution in [0.1, 0.15) is 43.1 Å². The molecule has 11 nitrogen and oxygen atoms in total. The molecule has 0 radical (unpaired) electrons. The molecule has 3 heterocycles. The maximum absolute atomic E-state index is 12.6. The average molecular weight is 428 g/mol. The number of carbonyl (C=O) groups is 2. The monoisotopic (exact) mass is 427 g/mol. The number of hydrogen-bond acceptors (Lipinski definition) is 7. The normalized spacial score (nSPS) is 20.9. The number of rotatable bonds is 6. The van der Waals surface area contributed by atoms with Crippen LogP contribution < -0.4 is 21.3 Å². The first-order chi connectivity index (χ1) is 14.8. The van der Waals surface area contributed by atoms with E-state index in [1.54, 1.807) is 35.2 Å². The van der Waals surface area contributed by atoms with Gasteiger partial charge in [0.1, 0.15) is 5.82 Å². The highest BCUT2D eigenvalue weighted by Crippen LogP contribution is 2.28. The fourth-order valence-corrected chi connectivity index (χ4v) is 3.96. The Morgan fingerprint density at radius 3 is 2.68 bits per heavy atom. The minimum Gasteiger partial charge on any atom is -0.364 e. The van der Waals surface area contributed by atoms with E-state index in [0.717, 1.165) is 32.2 Å². The molecule has 2 aliphatic rings. The first-order valence-electron chi connectivity index (χ1n) is 10.6. The Hall–Kier alpha value is -3.37. The van der Waals surface area contributed by atoms with Crippen molar-refractivity contribution in [2.24, 2.45) is 12.8 Å². The Labute approximate surface area is 181 Å². The summed E-state index contributed by atoms with van der Waals surface area (Å²) in [4.78, 5) is 37.2. The average Bonchev–Trinajstić information content (AvgIpc) is 3.51. The van der Waals surface area contributed by atoms with Gasteiger partial charge in [0.25, 0.3) is 5.91 Å². The van der Waals surface area contributed by atoms with Gasteiger partial charge in [0.05, 0.1) is 24.1 Å². The number of piperidine rings is 1. The van der Waals surface area contributed by atoms with Crippen molar-refractivity contribution >= 4 is 29.3 Å². The molecule has 2 fully saturated rings. The molecule has 0 bridgehead atoms. The lowest BCUT2D eigenvalue weighted by molar-refractivity contribution is 0.0996. The van der Waals surface area contributed by atoms with Gasteiger partial charge in [-0.3, -0.25) is 9.48 Å². The van der Waals surface area contributed by atoms with Crippen LogP contribution in [0.25, 0.3) is 0 Å². The van der Waals surface area contributed by atoms with Gasteiger partial charge in [-0.1, -0.05) is 0 Å². The molecule has 2 atom stereocenters. The van der Waals surface area contributed by atoms with Crippen molar-refractivity contribution in [1.29, 1.82) is 0 Å². The van der Waals surface area contributed by atoms with Crippen LogP contribution in [0.4, 0.5) is 22.1 Å². The number of aryl methyl sites for hydroxylation is 1. The summed E-state index contributed by atoms with van der Waals surface area (Å²) >= 11 is 0. The SMILES string of the molecule is C[C@@H]1[C@H](NC(=O)N(C)C2CC2)CCCN1c1cnc(C(N)=O)c(Nc2cnn(C)c2)n1. The van der Waals surface area contributed by atoms with Crippen LogP contribution in [0.15, 0.2) is 18.6 Å². The number of urea groups is 1. The van der Waals surface area contributed by atoms with Crippen molar-refractivity contribution in [3.63, 3.8) is 0 Å². The van der Waals surface area contributed by atoms with Crippen LogP contribution in [0.2, 0.25) is 0 Å². The van der Waals surface area contributed by atoms with Gasteiger partial charge in [-0.15, -0.1) is 0 Å². The third-order valence-corrected chi connectivity index (χ3v) is 5.97. The van der Waals surface area contributed by atoms with Gasteiger partial charge < -0.3 is 26.2 Å². The lowest BCUT2D eigenvalue weighted by Gasteiger charge is -2.40. The highest BCUT2D eigenvalue weighted by Gasteiger charge is 2.34. The van der Waals surface area contributed by atoms with Crippen LogP contribution in [0.3, 0.4) is 0 Å². The largest absolute Gasteiger partial charge is 0.364 e. The van der Waals surface area contributed by atoms with Crippen molar-refractivity contribution in [3.05, 3.63) is 24.3 Å². The first-order valence-corrected chi connectivity index (χ1v) is 10.6. The van der Waals surface area contributed by atoms with Crippen LogP contribution in [0, 0.1) is 0 Å². The van der Waals surface area contributed by atoms with Crippen LogP contribution in [0.5, 0.6) is 0 Å². The molecule has 1 aliphatic carbocycles. The summed E-state index contributed by atoms with van der Waals surface area (Å²) in [7, 11) is 3.65. The maximum Gasteiger partial charge on any atom is 0.317 e. The number of anilines is 3. The van der Waals surface area contributed by atoms with Gasteiger partial charge in [-0.25, -0.2) is 14.8 Å². The van der Waals surface area contributed by atoms with E-state index >= 15 is 0 Å². The van der Waals surface area contributed by atoms with E-state index in [2.05, 4.69) is 37.5 Å². The van der Waals surface area contributed by atoms with Crippen molar-refractivity contribution in [1.82, 2.24) is 30.0 Å². The zero-order chi connectivity index (χ0) is 22.1. The van der Waals surface area contributed by atoms with Gasteiger partial charge >= 0.3 is 6.03 Å².